The molecule has 0 bridgehead atoms. The molecule has 0 aliphatic heterocycles. The number of nitriles is 1. The highest BCUT2D eigenvalue weighted by atomic mass is 35.5. The van der Waals surface area contributed by atoms with E-state index in [1.807, 2.05) is 0 Å². The predicted octanol–water partition coefficient (Wildman–Crippen LogP) is -0.384. The molecule has 0 radical (unpaired) electrons. The van der Waals surface area contributed by atoms with Gasteiger partial charge in [0.05, 0.1) is 6.07 Å². The molecular weight excluding hydrogens is 203 g/mol. The second-order valence-corrected chi connectivity index (χ2v) is 4.74. The summed E-state index contributed by atoms with van der Waals surface area (Å²) in [7, 11) is 0.802. The molecule has 0 saturated carbocycles. The second kappa shape index (κ2) is 8.75. The normalized spacial score (nSPS) is 11.2. The standard InChI is InChI=1S/C9H19N2P.ClH/c1-8(2)11(9(3)4)12-7-5-6-10;/h8-9,12H,5,7H2,1-4H3;1H/p-1. The van der Waals surface area contributed by atoms with E-state index in [9.17, 15) is 0 Å². The maximum Gasteiger partial charge on any atom is 0.0625 e. The van der Waals surface area contributed by atoms with Gasteiger partial charge in [-0.05, 0) is 42.6 Å². The summed E-state index contributed by atoms with van der Waals surface area (Å²) in [6.45, 7) is 8.83. The average Bonchev–Trinajstić information content (AvgIpc) is 1.96. The van der Waals surface area contributed by atoms with Crippen molar-refractivity contribution in [1.82, 2.24) is 4.67 Å². The van der Waals surface area contributed by atoms with Crippen LogP contribution >= 0.6 is 8.73 Å². The van der Waals surface area contributed by atoms with Gasteiger partial charge in [0.1, 0.15) is 0 Å². The lowest BCUT2D eigenvalue weighted by Crippen LogP contribution is -3.00. The van der Waals surface area contributed by atoms with Gasteiger partial charge in [-0.3, -0.25) is 4.67 Å². The van der Waals surface area contributed by atoms with Crippen molar-refractivity contribution < 1.29 is 12.4 Å². The molecule has 0 N–H and O–H groups in total. The van der Waals surface area contributed by atoms with Crippen LogP contribution < -0.4 is 12.4 Å². The van der Waals surface area contributed by atoms with Gasteiger partial charge < -0.3 is 12.4 Å². The Labute approximate surface area is 89.9 Å². The Bertz CT molecular complexity index is 146. The third kappa shape index (κ3) is 7.26. The summed E-state index contributed by atoms with van der Waals surface area (Å²) >= 11 is 0. The van der Waals surface area contributed by atoms with Crippen molar-refractivity contribution >= 4 is 8.73 Å². The van der Waals surface area contributed by atoms with E-state index in [4.69, 9.17) is 5.26 Å². The first kappa shape index (κ1) is 15.6. The van der Waals surface area contributed by atoms with E-state index in [1.165, 1.54) is 0 Å². The first-order chi connectivity index (χ1) is 5.59. The fourth-order valence-corrected chi connectivity index (χ4v) is 2.41. The van der Waals surface area contributed by atoms with Crippen LogP contribution in [0, 0.1) is 11.3 Å². The first-order valence-electron chi connectivity index (χ1n) is 4.48. The highest BCUT2D eigenvalue weighted by Gasteiger charge is 2.11. The number of halogens is 1. The average molecular weight is 222 g/mol. The molecule has 0 amide bonds. The summed E-state index contributed by atoms with van der Waals surface area (Å²) in [5.41, 5.74) is 0. The Morgan fingerprint density at radius 2 is 1.69 bits per heavy atom. The SMILES string of the molecule is CC(C)N(PCCC#N)C(C)C.[Cl-]. The van der Waals surface area contributed by atoms with Gasteiger partial charge in [0.2, 0.25) is 0 Å². The smallest absolute Gasteiger partial charge is 0.0625 e. The molecule has 0 aromatic heterocycles. The van der Waals surface area contributed by atoms with Gasteiger partial charge in [0, 0.05) is 18.5 Å². The highest BCUT2D eigenvalue weighted by Crippen LogP contribution is 2.24. The van der Waals surface area contributed by atoms with Crippen LogP contribution in [0.1, 0.15) is 34.1 Å². The highest BCUT2D eigenvalue weighted by molar-refractivity contribution is 7.35. The van der Waals surface area contributed by atoms with E-state index >= 15 is 0 Å². The third-order valence-electron chi connectivity index (χ3n) is 1.64. The first-order valence-corrected chi connectivity index (χ1v) is 5.63. The van der Waals surface area contributed by atoms with Crippen LogP contribution in [0.4, 0.5) is 0 Å². The third-order valence-corrected chi connectivity index (χ3v) is 3.52. The zero-order valence-electron chi connectivity index (χ0n) is 8.84. The Morgan fingerprint density at radius 3 is 2.00 bits per heavy atom. The van der Waals surface area contributed by atoms with Crippen molar-refractivity contribution in [2.24, 2.45) is 0 Å². The summed E-state index contributed by atoms with van der Waals surface area (Å²) in [4.78, 5) is 0. The molecule has 1 unspecified atom stereocenters. The van der Waals surface area contributed by atoms with Crippen LogP contribution in [0.5, 0.6) is 0 Å². The Balaban J connectivity index is 0. The van der Waals surface area contributed by atoms with E-state index in [1.54, 1.807) is 0 Å². The molecule has 1 atom stereocenters. The number of hydrogen-bond donors (Lipinski definition) is 0. The molecule has 0 fully saturated rings. The Kier molecular flexibility index (Phi) is 10.5. The minimum Gasteiger partial charge on any atom is -1.00 e. The summed E-state index contributed by atoms with van der Waals surface area (Å²) < 4.78 is 2.44. The van der Waals surface area contributed by atoms with E-state index in [-0.39, 0.29) is 12.4 Å². The molecule has 2 nitrogen and oxygen atoms in total. The molecule has 0 saturated heterocycles. The minimum absolute atomic E-state index is 0. The van der Waals surface area contributed by atoms with Gasteiger partial charge >= 0.3 is 0 Å². The van der Waals surface area contributed by atoms with Crippen LogP contribution in [-0.2, 0) is 0 Å². The predicted molar refractivity (Wildman–Crippen MR) is 55.5 cm³/mol. The molecule has 0 rings (SSSR count). The van der Waals surface area contributed by atoms with Gasteiger partial charge in [0.15, 0.2) is 0 Å². The Hall–Kier alpha value is 0.170. The van der Waals surface area contributed by atoms with Crippen molar-refractivity contribution in [3.05, 3.63) is 0 Å². The summed E-state index contributed by atoms with van der Waals surface area (Å²) in [5, 5.41) is 8.39. The molecule has 0 heterocycles. The number of hydrogen-bond acceptors (Lipinski definition) is 2. The summed E-state index contributed by atoms with van der Waals surface area (Å²) in [6.07, 6.45) is 1.71. The van der Waals surface area contributed by atoms with Crippen LogP contribution in [0.3, 0.4) is 0 Å². The quantitative estimate of drug-likeness (QED) is 0.468. The van der Waals surface area contributed by atoms with Crippen LogP contribution in [0.25, 0.3) is 0 Å². The Morgan fingerprint density at radius 1 is 1.23 bits per heavy atom. The summed E-state index contributed by atoms with van der Waals surface area (Å²) in [5.74, 6) is 0. The van der Waals surface area contributed by atoms with Gasteiger partial charge in [0.25, 0.3) is 0 Å². The van der Waals surface area contributed by atoms with Crippen molar-refractivity contribution in [2.45, 2.75) is 46.2 Å². The lowest BCUT2D eigenvalue weighted by Gasteiger charge is -2.29. The van der Waals surface area contributed by atoms with Crippen molar-refractivity contribution in [3.8, 4) is 6.07 Å². The van der Waals surface area contributed by atoms with Gasteiger partial charge in [-0.15, -0.1) is 0 Å². The van der Waals surface area contributed by atoms with E-state index in [0.29, 0.717) is 18.5 Å². The van der Waals surface area contributed by atoms with Crippen LogP contribution in [-0.4, -0.2) is 22.9 Å². The molecule has 0 spiro atoms. The minimum atomic E-state index is 0. The maximum absolute atomic E-state index is 8.39. The second-order valence-electron chi connectivity index (χ2n) is 3.41. The molecule has 4 heteroatoms. The fourth-order valence-electron chi connectivity index (χ4n) is 1.20. The zero-order chi connectivity index (χ0) is 9.56. The lowest BCUT2D eigenvalue weighted by molar-refractivity contribution is -0.00000359. The molecule has 0 aromatic carbocycles. The molecule has 0 aliphatic carbocycles. The largest absolute Gasteiger partial charge is 1.00 e. The van der Waals surface area contributed by atoms with Crippen molar-refractivity contribution in [2.75, 3.05) is 6.16 Å². The maximum atomic E-state index is 8.39. The molecule has 0 aliphatic rings. The van der Waals surface area contributed by atoms with Crippen molar-refractivity contribution in [1.29, 1.82) is 5.26 Å². The van der Waals surface area contributed by atoms with E-state index in [0.717, 1.165) is 14.9 Å². The van der Waals surface area contributed by atoms with Gasteiger partial charge in [-0.2, -0.15) is 5.26 Å². The molecule has 0 aromatic rings. The van der Waals surface area contributed by atoms with Gasteiger partial charge in [-0.1, -0.05) is 0 Å². The zero-order valence-corrected chi connectivity index (χ0v) is 10.6. The molecule has 78 valence electrons. The monoisotopic (exact) mass is 221 g/mol. The number of rotatable bonds is 5. The van der Waals surface area contributed by atoms with Crippen molar-refractivity contribution in [3.63, 3.8) is 0 Å². The summed E-state index contributed by atoms with van der Waals surface area (Å²) in [6, 6.07) is 3.38. The number of nitrogens with zero attached hydrogens (tertiary/aromatic N) is 2. The molecule has 13 heavy (non-hydrogen) atoms. The lowest BCUT2D eigenvalue weighted by atomic mass is 10.3. The van der Waals surface area contributed by atoms with Crippen LogP contribution in [0.15, 0.2) is 0 Å². The van der Waals surface area contributed by atoms with E-state index in [2.05, 4.69) is 38.4 Å². The topological polar surface area (TPSA) is 27.0 Å². The molecular formula is C9H19ClN2P-. The van der Waals surface area contributed by atoms with Crippen LogP contribution in [0.2, 0.25) is 0 Å². The van der Waals surface area contributed by atoms with Gasteiger partial charge in [-0.25, -0.2) is 0 Å². The van der Waals surface area contributed by atoms with E-state index < -0.39 is 0 Å². The fraction of sp³-hybridized carbons (Fsp3) is 0.889.